The molecule has 0 aliphatic carbocycles. The molecule has 0 radical (unpaired) electrons. The van der Waals surface area contributed by atoms with Crippen LogP contribution in [-0.2, 0) is 15.3 Å². The normalized spacial score (nSPS) is 17.4. The van der Waals surface area contributed by atoms with Gasteiger partial charge in [-0.05, 0) is 25.1 Å². The quantitative estimate of drug-likeness (QED) is 0.780. The van der Waals surface area contributed by atoms with E-state index in [1.165, 1.54) is 0 Å². The Bertz CT molecular complexity index is 779. The van der Waals surface area contributed by atoms with E-state index < -0.39 is 5.79 Å². The molecule has 1 fully saturated rings. The lowest BCUT2D eigenvalue weighted by Crippen LogP contribution is -2.24. The van der Waals surface area contributed by atoms with Gasteiger partial charge in [0, 0.05) is 24.2 Å². The van der Waals surface area contributed by atoms with E-state index >= 15 is 0 Å². The van der Waals surface area contributed by atoms with Gasteiger partial charge in [0.05, 0.1) is 24.1 Å². The van der Waals surface area contributed by atoms with Gasteiger partial charge >= 0.3 is 0 Å². The Morgan fingerprint density at radius 2 is 1.86 bits per heavy atom. The minimum Gasteiger partial charge on any atom is -0.342 e. The fraction of sp³-hybridized carbons (Fsp3) is 0.267. The first-order valence-electron chi connectivity index (χ1n) is 6.80. The van der Waals surface area contributed by atoms with Crippen LogP contribution in [-0.4, -0.2) is 33.4 Å². The van der Waals surface area contributed by atoms with Gasteiger partial charge in [-0.25, -0.2) is 0 Å². The summed E-state index contributed by atoms with van der Waals surface area (Å²) in [5, 5.41) is 8.40. The SMILES string of the molecule is CC1(c2nccc3[nH]nc(-c4ccncc4)c23)OCCO1. The van der Waals surface area contributed by atoms with Crippen LogP contribution in [0.1, 0.15) is 12.6 Å². The highest BCUT2D eigenvalue weighted by Gasteiger charge is 2.37. The Hall–Kier alpha value is -2.31. The van der Waals surface area contributed by atoms with Crippen molar-refractivity contribution >= 4 is 10.9 Å². The van der Waals surface area contributed by atoms with Crippen LogP contribution < -0.4 is 0 Å². The molecule has 0 aromatic carbocycles. The van der Waals surface area contributed by atoms with Gasteiger partial charge in [-0.2, -0.15) is 5.10 Å². The van der Waals surface area contributed by atoms with Crippen molar-refractivity contribution in [3.63, 3.8) is 0 Å². The van der Waals surface area contributed by atoms with E-state index in [1.807, 2.05) is 25.1 Å². The molecule has 3 aromatic heterocycles. The number of ether oxygens (including phenoxy) is 2. The van der Waals surface area contributed by atoms with Gasteiger partial charge in [0.1, 0.15) is 11.4 Å². The number of aromatic amines is 1. The number of rotatable bonds is 2. The maximum absolute atomic E-state index is 5.76. The first-order chi connectivity index (χ1) is 10.3. The molecule has 1 aliphatic rings. The predicted molar refractivity (Wildman–Crippen MR) is 76.4 cm³/mol. The van der Waals surface area contributed by atoms with E-state index in [4.69, 9.17) is 9.47 Å². The molecule has 6 nitrogen and oxygen atoms in total. The van der Waals surface area contributed by atoms with Crippen molar-refractivity contribution in [2.45, 2.75) is 12.7 Å². The Balaban J connectivity index is 1.98. The number of fused-ring (bicyclic) bond motifs is 1. The number of nitrogens with one attached hydrogen (secondary N) is 1. The van der Waals surface area contributed by atoms with Crippen molar-refractivity contribution in [1.29, 1.82) is 0 Å². The lowest BCUT2D eigenvalue weighted by atomic mass is 10.0. The van der Waals surface area contributed by atoms with E-state index in [0.717, 1.165) is 27.9 Å². The number of hydrogen-bond donors (Lipinski definition) is 1. The summed E-state index contributed by atoms with van der Waals surface area (Å²) in [4.78, 5) is 8.54. The summed E-state index contributed by atoms with van der Waals surface area (Å²) in [5.41, 5.74) is 3.47. The third kappa shape index (κ3) is 1.91. The predicted octanol–water partition coefficient (Wildman–Crippen LogP) is 2.24. The summed E-state index contributed by atoms with van der Waals surface area (Å²) in [7, 11) is 0. The van der Waals surface area contributed by atoms with Crippen molar-refractivity contribution in [1.82, 2.24) is 20.2 Å². The van der Waals surface area contributed by atoms with Crippen LogP contribution >= 0.6 is 0 Å². The lowest BCUT2D eigenvalue weighted by Gasteiger charge is -2.22. The van der Waals surface area contributed by atoms with E-state index in [0.29, 0.717) is 13.2 Å². The molecule has 1 aliphatic heterocycles. The maximum atomic E-state index is 5.76. The molecule has 0 saturated carbocycles. The molecule has 21 heavy (non-hydrogen) atoms. The van der Waals surface area contributed by atoms with Crippen LogP contribution in [0.5, 0.6) is 0 Å². The number of pyridine rings is 2. The minimum atomic E-state index is -0.828. The highest BCUT2D eigenvalue weighted by Crippen LogP contribution is 2.37. The van der Waals surface area contributed by atoms with Gasteiger partial charge in [-0.3, -0.25) is 15.1 Å². The van der Waals surface area contributed by atoms with Crippen molar-refractivity contribution in [3.05, 3.63) is 42.5 Å². The van der Waals surface area contributed by atoms with Crippen molar-refractivity contribution in [2.75, 3.05) is 13.2 Å². The second kappa shape index (κ2) is 4.61. The van der Waals surface area contributed by atoms with E-state index in [1.54, 1.807) is 18.6 Å². The summed E-state index contributed by atoms with van der Waals surface area (Å²) in [5.74, 6) is -0.828. The largest absolute Gasteiger partial charge is 0.342 e. The zero-order valence-corrected chi connectivity index (χ0v) is 11.5. The van der Waals surface area contributed by atoms with Crippen LogP contribution in [0.2, 0.25) is 0 Å². The molecular weight excluding hydrogens is 268 g/mol. The summed E-state index contributed by atoms with van der Waals surface area (Å²) < 4.78 is 11.5. The molecule has 3 aromatic rings. The summed E-state index contributed by atoms with van der Waals surface area (Å²) in [6, 6.07) is 5.74. The second-order valence-corrected chi connectivity index (χ2v) is 5.03. The van der Waals surface area contributed by atoms with Gasteiger partial charge in [-0.1, -0.05) is 0 Å². The molecule has 0 unspecified atom stereocenters. The molecule has 1 saturated heterocycles. The third-order valence-electron chi connectivity index (χ3n) is 3.70. The monoisotopic (exact) mass is 282 g/mol. The van der Waals surface area contributed by atoms with Crippen LogP contribution in [0.15, 0.2) is 36.8 Å². The second-order valence-electron chi connectivity index (χ2n) is 5.03. The molecule has 4 heterocycles. The first-order valence-corrected chi connectivity index (χ1v) is 6.80. The van der Waals surface area contributed by atoms with E-state index in [-0.39, 0.29) is 0 Å². The van der Waals surface area contributed by atoms with Crippen LogP contribution in [0, 0.1) is 0 Å². The minimum absolute atomic E-state index is 0.566. The van der Waals surface area contributed by atoms with E-state index in [9.17, 15) is 0 Å². The smallest absolute Gasteiger partial charge is 0.210 e. The Labute approximate surface area is 121 Å². The number of H-pyrrole nitrogens is 1. The molecule has 0 bridgehead atoms. The average molecular weight is 282 g/mol. The third-order valence-corrected chi connectivity index (χ3v) is 3.70. The van der Waals surface area contributed by atoms with Crippen LogP contribution in [0.3, 0.4) is 0 Å². The Morgan fingerprint density at radius 3 is 2.62 bits per heavy atom. The van der Waals surface area contributed by atoms with Gasteiger partial charge in [0.2, 0.25) is 5.79 Å². The summed E-state index contributed by atoms with van der Waals surface area (Å²) >= 11 is 0. The lowest BCUT2D eigenvalue weighted by molar-refractivity contribution is -0.151. The van der Waals surface area contributed by atoms with Gasteiger partial charge in [-0.15, -0.1) is 0 Å². The topological polar surface area (TPSA) is 72.9 Å². The zero-order valence-electron chi connectivity index (χ0n) is 11.5. The number of aromatic nitrogens is 4. The standard InChI is InChI=1S/C15H14N4O2/c1-15(20-8-9-21-15)14-12-11(4-7-17-14)18-19-13(12)10-2-5-16-6-3-10/h2-7H,8-9H2,1H3,(H,18,19). The molecule has 0 amide bonds. The van der Waals surface area contributed by atoms with Crippen molar-refractivity contribution in [3.8, 4) is 11.3 Å². The highest BCUT2D eigenvalue weighted by atomic mass is 16.7. The van der Waals surface area contributed by atoms with Crippen LogP contribution in [0.4, 0.5) is 0 Å². The number of hydrogen-bond acceptors (Lipinski definition) is 5. The molecule has 0 spiro atoms. The molecule has 1 N–H and O–H groups in total. The molecule has 6 heteroatoms. The maximum Gasteiger partial charge on any atom is 0.210 e. The fourth-order valence-corrected chi connectivity index (χ4v) is 2.68. The molecular formula is C15H14N4O2. The fourth-order valence-electron chi connectivity index (χ4n) is 2.68. The van der Waals surface area contributed by atoms with Crippen LogP contribution in [0.25, 0.3) is 22.2 Å². The van der Waals surface area contributed by atoms with Gasteiger partial charge < -0.3 is 9.47 Å². The van der Waals surface area contributed by atoms with Gasteiger partial charge in [0.15, 0.2) is 0 Å². The Morgan fingerprint density at radius 1 is 1.10 bits per heavy atom. The van der Waals surface area contributed by atoms with Gasteiger partial charge in [0.25, 0.3) is 0 Å². The van der Waals surface area contributed by atoms with Crippen molar-refractivity contribution in [2.24, 2.45) is 0 Å². The number of nitrogens with zero attached hydrogens (tertiary/aromatic N) is 3. The Kier molecular flexibility index (Phi) is 2.73. The van der Waals surface area contributed by atoms with Crippen molar-refractivity contribution < 1.29 is 9.47 Å². The highest BCUT2D eigenvalue weighted by molar-refractivity contribution is 5.94. The summed E-state index contributed by atoms with van der Waals surface area (Å²) in [6.45, 7) is 3.03. The summed E-state index contributed by atoms with van der Waals surface area (Å²) in [6.07, 6.45) is 5.23. The zero-order chi connectivity index (χ0) is 14.3. The van der Waals surface area contributed by atoms with E-state index in [2.05, 4.69) is 20.2 Å². The molecule has 4 rings (SSSR count). The molecule has 106 valence electrons. The first kappa shape index (κ1) is 12.4. The molecule has 0 atom stereocenters. The average Bonchev–Trinajstić information content (AvgIpc) is 3.15.